The number of anilines is 1. The average molecular weight is 359 g/mol. The van der Waals surface area contributed by atoms with Crippen molar-refractivity contribution in [1.29, 1.82) is 0 Å². The van der Waals surface area contributed by atoms with Crippen LogP contribution < -0.4 is 5.32 Å². The molecule has 134 valence electrons. The Labute approximate surface area is 155 Å². The maximum atomic E-state index is 12.3. The lowest BCUT2D eigenvalue weighted by molar-refractivity contribution is -0.119. The topological polar surface area (TPSA) is 68.5 Å². The number of rotatable bonds is 4. The predicted octanol–water partition coefficient (Wildman–Crippen LogP) is 4.69. The minimum absolute atomic E-state index is 0.120. The van der Waals surface area contributed by atoms with Crippen molar-refractivity contribution in [1.82, 2.24) is 0 Å². The van der Waals surface area contributed by atoms with E-state index in [1.165, 1.54) is 0 Å². The van der Waals surface area contributed by atoms with Crippen molar-refractivity contribution in [2.45, 2.75) is 6.92 Å². The molecule has 0 aliphatic rings. The van der Waals surface area contributed by atoms with E-state index in [0.29, 0.717) is 16.8 Å². The van der Waals surface area contributed by atoms with Crippen LogP contribution in [0, 0.1) is 6.92 Å². The van der Waals surface area contributed by atoms with Crippen molar-refractivity contribution in [3.63, 3.8) is 0 Å². The molecule has 3 aromatic carbocycles. The molecule has 0 bridgehead atoms. The number of hydrogen-bond donors (Lipinski definition) is 1. The van der Waals surface area contributed by atoms with Gasteiger partial charge in [-0.3, -0.25) is 4.79 Å². The molecule has 0 saturated carbocycles. The van der Waals surface area contributed by atoms with Gasteiger partial charge in [-0.1, -0.05) is 54.6 Å². The Kier molecular flexibility index (Phi) is 4.34. The molecule has 0 aliphatic heterocycles. The van der Waals surface area contributed by atoms with Gasteiger partial charge >= 0.3 is 5.97 Å². The van der Waals surface area contributed by atoms with Gasteiger partial charge in [-0.25, -0.2) is 4.79 Å². The molecule has 1 aromatic heterocycles. The van der Waals surface area contributed by atoms with Gasteiger partial charge < -0.3 is 14.5 Å². The second-order valence-electron chi connectivity index (χ2n) is 6.20. The Morgan fingerprint density at radius 3 is 2.44 bits per heavy atom. The van der Waals surface area contributed by atoms with Crippen molar-refractivity contribution in [2.75, 3.05) is 11.9 Å². The van der Waals surface area contributed by atoms with E-state index in [1.54, 1.807) is 13.0 Å². The standard InChI is InChI=1S/C22H17NO4/c1-14-16-9-4-5-12-19(16)27-21(14)22(25)26-13-20(24)23-18-11-6-8-15-7-2-3-10-17(15)18/h2-12H,13H2,1H3,(H,23,24). The largest absolute Gasteiger partial charge is 0.450 e. The van der Waals surface area contributed by atoms with Crippen LogP contribution >= 0.6 is 0 Å². The fraction of sp³-hybridized carbons (Fsp3) is 0.0909. The van der Waals surface area contributed by atoms with Gasteiger partial charge in [0.1, 0.15) is 5.58 Å². The number of aryl methyl sites for hydroxylation is 1. The molecule has 0 spiro atoms. The Hall–Kier alpha value is -3.60. The maximum Gasteiger partial charge on any atom is 0.375 e. The highest BCUT2D eigenvalue weighted by molar-refractivity contribution is 6.03. The van der Waals surface area contributed by atoms with Crippen LogP contribution in [-0.2, 0) is 9.53 Å². The molecule has 0 radical (unpaired) electrons. The SMILES string of the molecule is Cc1c(C(=O)OCC(=O)Nc2cccc3ccccc23)oc2ccccc12. The molecule has 0 fully saturated rings. The zero-order chi connectivity index (χ0) is 18.8. The van der Waals surface area contributed by atoms with Crippen LogP contribution in [0.4, 0.5) is 5.69 Å². The van der Waals surface area contributed by atoms with E-state index in [2.05, 4.69) is 5.32 Å². The minimum Gasteiger partial charge on any atom is -0.450 e. The average Bonchev–Trinajstić information content (AvgIpc) is 3.03. The molecule has 5 nitrogen and oxygen atoms in total. The number of amides is 1. The summed E-state index contributed by atoms with van der Waals surface area (Å²) in [6.45, 7) is 1.40. The Balaban J connectivity index is 1.45. The summed E-state index contributed by atoms with van der Waals surface area (Å²) in [7, 11) is 0. The van der Waals surface area contributed by atoms with E-state index in [-0.39, 0.29) is 5.76 Å². The molecule has 0 saturated heterocycles. The highest BCUT2D eigenvalue weighted by atomic mass is 16.5. The number of benzene rings is 3. The predicted molar refractivity (Wildman–Crippen MR) is 104 cm³/mol. The first kappa shape index (κ1) is 16.8. The van der Waals surface area contributed by atoms with Crippen LogP contribution in [0.2, 0.25) is 0 Å². The third kappa shape index (κ3) is 3.27. The molecule has 1 heterocycles. The number of carbonyl (C=O) groups is 2. The van der Waals surface area contributed by atoms with Crippen molar-refractivity contribution < 1.29 is 18.7 Å². The summed E-state index contributed by atoms with van der Waals surface area (Å²) in [4.78, 5) is 24.5. The number of hydrogen-bond acceptors (Lipinski definition) is 4. The van der Waals surface area contributed by atoms with E-state index in [1.807, 2.05) is 60.7 Å². The monoisotopic (exact) mass is 359 g/mol. The number of carbonyl (C=O) groups excluding carboxylic acids is 2. The van der Waals surface area contributed by atoms with Crippen LogP contribution in [0.15, 0.2) is 71.1 Å². The lowest BCUT2D eigenvalue weighted by atomic mass is 10.1. The van der Waals surface area contributed by atoms with E-state index in [9.17, 15) is 9.59 Å². The number of nitrogens with one attached hydrogen (secondary N) is 1. The number of furan rings is 1. The number of esters is 1. The first-order chi connectivity index (χ1) is 13.1. The summed E-state index contributed by atoms with van der Waals surface area (Å²) in [5.41, 5.74) is 1.99. The van der Waals surface area contributed by atoms with Gasteiger partial charge in [-0.05, 0) is 24.4 Å². The van der Waals surface area contributed by atoms with Crippen LogP contribution in [-0.4, -0.2) is 18.5 Å². The van der Waals surface area contributed by atoms with Gasteiger partial charge in [0.05, 0.1) is 0 Å². The number of para-hydroxylation sites is 1. The lowest BCUT2D eigenvalue weighted by Gasteiger charge is -2.09. The fourth-order valence-corrected chi connectivity index (χ4v) is 3.09. The molecule has 27 heavy (non-hydrogen) atoms. The minimum atomic E-state index is -0.656. The quantitative estimate of drug-likeness (QED) is 0.537. The van der Waals surface area contributed by atoms with Crippen molar-refractivity contribution >= 4 is 39.3 Å². The molecular formula is C22H17NO4. The normalized spacial score (nSPS) is 10.9. The van der Waals surface area contributed by atoms with Gasteiger partial charge in [0.15, 0.2) is 6.61 Å². The molecule has 1 N–H and O–H groups in total. The molecule has 1 amide bonds. The van der Waals surface area contributed by atoms with E-state index in [4.69, 9.17) is 9.15 Å². The molecule has 0 unspecified atom stereocenters. The number of ether oxygens (including phenoxy) is 1. The zero-order valence-corrected chi connectivity index (χ0v) is 14.7. The van der Waals surface area contributed by atoms with Crippen molar-refractivity contribution in [2.24, 2.45) is 0 Å². The van der Waals surface area contributed by atoms with Gasteiger partial charge in [0, 0.05) is 22.0 Å². The van der Waals surface area contributed by atoms with Crippen LogP contribution in [0.25, 0.3) is 21.7 Å². The molecular weight excluding hydrogens is 342 g/mol. The summed E-state index contributed by atoms with van der Waals surface area (Å²) >= 11 is 0. The highest BCUT2D eigenvalue weighted by Gasteiger charge is 2.20. The third-order valence-corrected chi connectivity index (χ3v) is 4.43. The highest BCUT2D eigenvalue weighted by Crippen LogP contribution is 2.26. The Bertz CT molecular complexity index is 1150. The second kappa shape index (κ2) is 6.96. The molecule has 5 heteroatoms. The van der Waals surface area contributed by atoms with Crippen LogP contribution in [0.5, 0.6) is 0 Å². The summed E-state index contributed by atoms with van der Waals surface area (Å²) in [6.07, 6.45) is 0. The van der Waals surface area contributed by atoms with Crippen LogP contribution in [0.3, 0.4) is 0 Å². The fourth-order valence-electron chi connectivity index (χ4n) is 3.09. The smallest absolute Gasteiger partial charge is 0.375 e. The van der Waals surface area contributed by atoms with Gasteiger partial charge in [-0.2, -0.15) is 0 Å². The van der Waals surface area contributed by atoms with Crippen LogP contribution in [0.1, 0.15) is 16.1 Å². The Morgan fingerprint density at radius 1 is 0.926 bits per heavy atom. The van der Waals surface area contributed by atoms with Gasteiger partial charge in [0.2, 0.25) is 5.76 Å². The molecule has 4 aromatic rings. The summed E-state index contributed by atoms with van der Waals surface area (Å²) < 4.78 is 10.7. The van der Waals surface area contributed by atoms with Crippen molar-refractivity contribution in [3.05, 3.63) is 78.1 Å². The van der Waals surface area contributed by atoms with Gasteiger partial charge in [-0.15, -0.1) is 0 Å². The maximum absolute atomic E-state index is 12.3. The lowest BCUT2D eigenvalue weighted by Crippen LogP contribution is -2.21. The van der Waals surface area contributed by atoms with E-state index in [0.717, 1.165) is 16.2 Å². The van der Waals surface area contributed by atoms with Gasteiger partial charge in [0.25, 0.3) is 5.91 Å². The first-order valence-corrected chi connectivity index (χ1v) is 8.56. The van der Waals surface area contributed by atoms with Crippen molar-refractivity contribution in [3.8, 4) is 0 Å². The molecule has 4 rings (SSSR count). The summed E-state index contributed by atoms with van der Waals surface area (Å²) in [5.74, 6) is -0.945. The molecule has 0 aliphatic carbocycles. The second-order valence-corrected chi connectivity index (χ2v) is 6.20. The third-order valence-electron chi connectivity index (χ3n) is 4.43. The molecule has 0 atom stereocenters. The van der Waals surface area contributed by atoms with E-state index < -0.39 is 18.5 Å². The Morgan fingerprint density at radius 2 is 1.63 bits per heavy atom. The summed E-state index contributed by atoms with van der Waals surface area (Å²) in [5, 5.41) is 5.58. The van der Waals surface area contributed by atoms with E-state index >= 15 is 0 Å². The number of fused-ring (bicyclic) bond motifs is 2. The zero-order valence-electron chi connectivity index (χ0n) is 14.7. The first-order valence-electron chi connectivity index (χ1n) is 8.56. The summed E-state index contributed by atoms with van der Waals surface area (Å²) in [6, 6.07) is 20.7.